The second kappa shape index (κ2) is 9.63. The zero-order valence-corrected chi connectivity index (χ0v) is 17.9. The van der Waals surface area contributed by atoms with E-state index in [1.54, 1.807) is 0 Å². The molecule has 0 saturated carbocycles. The van der Waals surface area contributed by atoms with Crippen LogP contribution in [0.3, 0.4) is 0 Å². The maximum absolute atomic E-state index is 12.6. The molecule has 0 radical (unpaired) electrons. The lowest BCUT2D eigenvalue weighted by molar-refractivity contribution is -0.128. The highest BCUT2D eigenvalue weighted by atomic mass is 16.5. The van der Waals surface area contributed by atoms with Crippen molar-refractivity contribution in [2.24, 2.45) is 0 Å². The van der Waals surface area contributed by atoms with Crippen molar-refractivity contribution < 1.29 is 14.3 Å². The van der Waals surface area contributed by atoms with Gasteiger partial charge in [-0.15, -0.1) is 0 Å². The first-order valence-electron chi connectivity index (χ1n) is 9.99. The standard InChI is InChI=1S/C24H33NO3/c1-7-22(28-20-13-11-19(12-14-20)24(4,5)6)23(26)25-16-18-9-8-10-21(15-18)27-17(2)3/h8-15,17,22H,7,16H2,1-6H3,(H,25,26)/t22-/m1/s1. The lowest BCUT2D eigenvalue weighted by atomic mass is 9.87. The fraction of sp³-hybridized carbons (Fsp3) is 0.458. The SMILES string of the molecule is CC[C@@H](Oc1ccc(C(C)(C)C)cc1)C(=O)NCc1cccc(OC(C)C)c1. The van der Waals surface area contributed by atoms with Crippen LogP contribution in [0.25, 0.3) is 0 Å². The fourth-order valence-electron chi connectivity index (χ4n) is 2.82. The second-order valence-electron chi connectivity index (χ2n) is 8.32. The zero-order chi connectivity index (χ0) is 20.7. The largest absolute Gasteiger partial charge is 0.491 e. The van der Waals surface area contributed by atoms with Gasteiger partial charge in [0.1, 0.15) is 11.5 Å². The highest BCUT2D eigenvalue weighted by molar-refractivity contribution is 5.81. The Morgan fingerprint density at radius 2 is 1.68 bits per heavy atom. The van der Waals surface area contributed by atoms with Crippen molar-refractivity contribution in [3.63, 3.8) is 0 Å². The van der Waals surface area contributed by atoms with Gasteiger partial charge in [0, 0.05) is 6.54 Å². The number of carbonyl (C=O) groups excluding carboxylic acids is 1. The van der Waals surface area contributed by atoms with Crippen molar-refractivity contribution in [3.8, 4) is 11.5 Å². The summed E-state index contributed by atoms with van der Waals surface area (Å²) in [5.74, 6) is 1.41. The molecule has 2 aromatic rings. The summed E-state index contributed by atoms with van der Waals surface area (Å²) in [4.78, 5) is 12.6. The molecule has 1 atom stereocenters. The number of nitrogens with one attached hydrogen (secondary N) is 1. The van der Waals surface area contributed by atoms with Crippen molar-refractivity contribution in [3.05, 3.63) is 59.7 Å². The van der Waals surface area contributed by atoms with Crippen LogP contribution in [0.5, 0.6) is 11.5 Å². The van der Waals surface area contributed by atoms with E-state index in [1.165, 1.54) is 5.56 Å². The van der Waals surface area contributed by atoms with Crippen LogP contribution in [0.15, 0.2) is 48.5 Å². The molecule has 28 heavy (non-hydrogen) atoms. The molecule has 2 aromatic carbocycles. The summed E-state index contributed by atoms with van der Waals surface area (Å²) in [6.45, 7) is 12.9. The number of benzene rings is 2. The minimum absolute atomic E-state index is 0.0912. The number of hydrogen-bond acceptors (Lipinski definition) is 3. The van der Waals surface area contributed by atoms with E-state index in [-0.39, 0.29) is 17.4 Å². The van der Waals surface area contributed by atoms with E-state index < -0.39 is 6.10 Å². The first-order chi connectivity index (χ1) is 13.2. The minimum atomic E-state index is -0.518. The molecule has 0 aliphatic heterocycles. The Bertz CT molecular complexity index is 760. The average Bonchev–Trinajstić information content (AvgIpc) is 2.63. The van der Waals surface area contributed by atoms with Gasteiger partial charge >= 0.3 is 0 Å². The normalized spacial score (nSPS) is 12.5. The first kappa shape index (κ1) is 21.8. The quantitative estimate of drug-likeness (QED) is 0.678. The number of rotatable bonds is 8. The van der Waals surface area contributed by atoms with Gasteiger partial charge in [-0.2, -0.15) is 0 Å². The molecule has 0 aromatic heterocycles. The third kappa shape index (κ3) is 6.59. The van der Waals surface area contributed by atoms with E-state index in [0.717, 1.165) is 11.3 Å². The number of carbonyl (C=O) groups is 1. The molecule has 0 saturated heterocycles. The van der Waals surface area contributed by atoms with Gasteiger partial charge in [-0.1, -0.05) is 52.0 Å². The third-order valence-corrected chi connectivity index (χ3v) is 4.40. The predicted octanol–water partition coefficient (Wildman–Crippen LogP) is 5.25. The van der Waals surface area contributed by atoms with E-state index in [1.807, 2.05) is 57.2 Å². The summed E-state index contributed by atoms with van der Waals surface area (Å²) < 4.78 is 11.6. The van der Waals surface area contributed by atoms with Crippen LogP contribution in [0.1, 0.15) is 59.1 Å². The molecular weight excluding hydrogens is 350 g/mol. The van der Waals surface area contributed by atoms with Crippen molar-refractivity contribution in [2.45, 2.75) is 72.1 Å². The summed E-state index contributed by atoms with van der Waals surface area (Å²) in [5.41, 5.74) is 2.32. The Balaban J connectivity index is 1.94. The van der Waals surface area contributed by atoms with Crippen LogP contribution in [0.2, 0.25) is 0 Å². The van der Waals surface area contributed by atoms with E-state index in [4.69, 9.17) is 9.47 Å². The van der Waals surface area contributed by atoms with E-state index >= 15 is 0 Å². The van der Waals surface area contributed by atoms with Crippen LogP contribution in [-0.4, -0.2) is 18.1 Å². The lowest BCUT2D eigenvalue weighted by Crippen LogP contribution is -2.37. The van der Waals surface area contributed by atoms with Crippen LogP contribution in [-0.2, 0) is 16.8 Å². The molecule has 0 spiro atoms. The summed E-state index contributed by atoms with van der Waals surface area (Å²) in [7, 11) is 0. The average molecular weight is 384 g/mol. The Morgan fingerprint density at radius 3 is 2.25 bits per heavy atom. The maximum atomic E-state index is 12.6. The van der Waals surface area contributed by atoms with Crippen molar-refractivity contribution in [2.75, 3.05) is 0 Å². The smallest absolute Gasteiger partial charge is 0.261 e. The van der Waals surface area contributed by atoms with Gasteiger partial charge in [-0.05, 0) is 61.1 Å². The van der Waals surface area contributed by atoms with E-state index in [9.17, 15) is 4.79 Å². The molecule has 0 aliphatic carbocycles. The molecular formula is C24H33NO3. The van der Waals surface area contributed by atoms with Crippen molar-refractivity contribution in [1.29, 1.82) is 0 Å². The lowest BCUT2D eigenvalue weighted by Gasteiger charge is -2.21. The van der Waals surface area contributed by atoms with Crippen LogP contribution in [0, 0.1) is 0 Å². The molecule has 4 heteroatoms. The number of amides is 1. The van der Waals surface area contributed by atoms with Gasteiger partial charge in [0.05, 0.1) is 6.10 Å². The van der Waals surface area contributed by atoms with Crippen LogP contribution >= 0.6 is 0 Å². The van der Waals surface area contributed by atoms with Gasteiger partial charge < -0.3 is 14.8 Å². The minimum Gasteiger partial charge on any atom is -0.491 e. The number of hydrogen-bond donors (Lipinski definition) is 1. The Kier molecular flexibility index (Phi) is 7.50. The summed E-state index contributed by atoms with van der Waals surface area (Å²) in [6, 6.07) is 15.8. The molecule has 1 N–H and O–H groups in total. The summed E-state index contributed by atoms with van der Waals surface area (Å²) >= 11 is 0. The molecule has 0 aliphatic rings. The summed E-state index contributed by atoms with van der Waals surface area (Å²) in [6.07, 6.45) is 0.201. The molecule has 0 unspecified atom stereocenters. The summed E-state index contributed by atoms with van der Waals surface area (Å²) in [5, 5.41) is 2.97. The molecule has 2 rings (SSSR count). The highest BCUT2D eigenvalue weighted by Crippen LogP contribution is 2.25. The Hall–Kier alpha value is -2.49. The predicted molar refractivity (Wildman–Crippen MR) is 114 cm³/mol. The highest BCUT2D eigenvalue weighted by Gasteiger charge is 2.19. The molecule has 1 amide bonds. The molecule has 0 heterocycles. The molecule has 152 valence electrons. The Labute approximate surface area is 169 Å². The van der Waals surface area contributed by atoms with Crippen LogP contribution in [0.4, 0.5) is 0 Å². The van der Waals surface area contributed by atoms with E-state index in [0.29, 0.717) is 18.7 Å². The van der Waals surface area contributed by atoms with Crippen molar-refractivity contribution >= 4 is 5.91 Å². The van der Waals surface area contributed by atoms with Gasteiger partial charge in [-0.25, -0.2) is 0 Å². The van der Waals surface area contributed by atoms with E-state index in [2.05, 4.69) is 38.2 Å². The topological polar surface area (TPSA) is 47.6 Å². The Morgan fingerprint density at radius 1 is 1.00 bits per heavy atom. The van der Waals surface area contributed by atoms with Crippen molar-refractivity contribution in [1.82, 2.24) is 5.32 Å². The molecule has 0 fully saturated rings. The maximum Gasteiger partial charge on any atom is 0.261 e. The molecule has 4 nitrogen and oxygen atoms in total. The van der Waals surface area contributed by atoms with Gasteiger partial charge in [-0.3, -0.25) is 4.79 Å². The molecule has 0 bridgehead atoms. The third-order valence-electron chi connectivity index (χ3n) is 4.40. The second-order valence-corrected chi connectivity index (χ2v) is 8.32. The fourth-order valence-corrected chi connectivity index (χ4v) is 2.82. The monoisotopic (exact) mass is 383 g/mol. The van der Waals surface area contributed by atoms with Gasteiger partial charge in [0.15, 0.2) is 6.10 Å². The zero-order valence-electron chi connectivity index (χ0n) is 17.9. The number of ether oxygens (including phenoxy) is 2. The first-order valence-corrected chi connectivity index (χ1v) is 9.99. The van der Waals surface area contributed by atoms with Crippen LogP contribution < -0.4 is 14.8 Å². The van der Waals surface area contributed by atoms with Gasteiger partial charge in [0.25, 0.3) is 5.91 Å². The van der Waals surface area contributed by atoms with Gasteiger partial charge in [0.2, 0.25) is 0 Å².